The summed E-state index contributed by atoms with van der Waals surface area (Å²) in [4.78, 5) is 12.7. The Kier molecular flexibility index (Phi) is 7.04. The van der Waals surface area contributed by atoms with Crippen LogP contribution in [0.25, 0.3) is 0 Å². The van der Waals surface area contributed by atoms with Gasteiger partial charge >= 0.3 is 0 Å². The highest BCUT2D eigenvalue weighted by molar-refractivity contribution is 14.1. The second-order valence-corrected chi connectivity index (χ2v) is 14.1. The van der Waals surface area contributed by atoms with Gasteiger partial charge in [0.25, 0.3) is 5.91 Å². The number of halogens is 1. The molecule has 0 saturated carbocycles. The van der Waals surface area contributed by atoms with Gasteiger partial charge in [0, 0.05) is 9.13 Å². The van der Waals surface area contributed by atoms with Gasteiger partial charge in [0.1, 0.15) is 0 Å². The molecule has 1 amide bonds. The third kappa shape index (κ3) is 5.66. The first-order valence-electron chi connectivity index (χ1n) is 8.85. The zero-order valence-corrected chi connectivity index (χ0v) is 19.3. The van der Waals surface area contributed by atoms with Gasteiger partial charge in [0.05, 0.1) is 12.6 Å². The molecule has 0 aromatic heterocycles. The van der Waals surface area contributed by atoms with Crippen molar-refractivity contribution >= 4 is 36.8 Å². The Balaban J connectivity index is 2.18. The van der Waals surface area contributed by atoms with E-state index in [1.807, 2.05) is 54.6 Å². The predicted octanol–water partition coefficient (Wildman–Crippen LogP) is 5.78. The molecule has 0 fully saturated rings. The molecule has 0 aliphatic rings. The number of benzene rings is 2. The van der Waals surface area contributed by atoms with Crippen LogP contribution in [0.15, 0.2) is 54.6 Å². The SMILES string of the molecule is CC(C)(C)[Si](C)(C)OC[C@H](NC(=O)c1cccc(I)c1)c1ccccc1. The van der Waals surface area contributed by atoms with Crippen LogP contribution >= 0.6 is 22.6 Å². The van der Waals surface area contributed by atoms with Crippen LogP contribution in [0, 0.1) is 3.57 Å². The molecule has 140 valence electrons. The highest BCUT2D eigenvalue weighted by Gasteiger charge is 2.37. The van der Waals surface area contributed by atoms with Crippen molar-refractivity contribution in [2.24, 2.45) is 0 Å². The summed E-state index contributed by atoms with van der Waals surface area (Å²) < 4.78 is 7.44. The average Bonchev–Trinajstić information content (AvgIpc) is 2.58. The molecule has 5 heteroatoms. The minimum absolute atomic E-state index is 0.0730. The summed E-state index contributed by atoms with van der Waals surface area (Å²) in [5.74, 6) is -0.0730. The van der Waals surface area contributed by atoms with Crippen molar-refractivity contribution in [1.29, 1.82) is 0 Å². The number of hydrogen-bond donors (Lipinski definition) is 1. The third-order valence-corrected chi connectivity index (χ3v) is 10.2. The van der Waals surface area contributed by atoms with Gasteiger partial charge in [-0.3, -0.25) is 4.79 Å². The Morgan fingerprint density at radius 3 is 2.35 bits per heavy atom. The summed E-state index contributed by atoms with van der Waals surface area (Å²) in [6, 6.07) is 17.5. The van der Waals surface area contributed by atoms with E-state index in [4.69, 9.17) is 4.43 Å². The molecule has 0 aliphatic heterocycles. The standard InChI is InChI=1S/C21H28INO2Si/c1-21(2,3)26(4,5)25-15-19(16-10-7-6-8-11-16)23-20(24)17-12-9-13-18(22)14-17/h6-14,19H,15H2,1-5H3,(H,23,24)/t19-/m0/s1. The molecule has 0 unspecified atom stereocenters. The topological polar surface area (TPSA) is 38.3 Å². The Morgan fingerprint density at radius 1 is 1.12 bits per heavy atom. The van der Waals surface area contributed by atoms with E-state index in [1.165, 1.54) is 0 Å². The van der Waals surface area contributed by atoms with Crippen LogP contribution in [-0.4, -0.2) is 20.8 Å². The van der Waals surface area contributed by atoms with Gasteiger partial charge in [0.15, 0.2) is 8.32 Å². The molecule has 0 spiro atoms. The molecule has 0 radical (unpaired) electrons. The normalized spacial score (nSPS) is 13.3. The van der Waals surface area contributed by atoms with E-state index in [0.717, 1.165) is 9.13 Å². The maximum absolute atomic E-state index is 12.7. The zero-order chi connectivity index (χ0) is 19.4. The second kappa shape index (κ2) is 8.67. The van der Waals surface area contributed by atoms with Crippen molar-refractivity contribution in [2.75, 3.05) is 6.61 Å². The highest BCUT2D eigenvalue weighted by atomic mass is 127. The minimum Gasteiger partial charge on any atom is -0.414 e. The van der Waals surface area contributed by atoms with E-state index in [2.05, 4.69) is 61.8 Å². The molecule has 1 atom stereocenters. The molecular formula is C21H28INO2Si. The molecule has 0 aliphatic carbocycles. The first-order valence-corrected chi connectivity index (χ1v) is 12.8. The first kappa shape index (κ1) is 21.1. The van der Waals surface area contributed by atoms with Gasteiger partial charge < -0.3 is 9.74 Å². The smallest absolute Gasteiger partial charge is 0.251 e. The first-order chi connectivity index (χ1) is 12.1. The molecule has 1 N–H and O–H groups in total. The largest absolute Gasteiger partial charge is 0.414 e. The quantitative estimate of drug-likeness (QED) is 0.419. The number of carbonyl (C=O) groups is 1. The van der Waals surface area contributed by atoms with E-state index < -0.39 is 8.32 Å². The Morgan fingerprint density at radius 2 is 1.77 bits per heavy atom. The van der Waals surface area contributed by atoms with Gasteiger partial charge in [-0.1, -0.05) is 57.2 Å². The van der Waals surface area contributed by atoms with Gasteiger partial charge in [-0.25, -0.2) is 0 Å². The summed E-state index contributed by atoms with van der Waals surface area (Å²) in [5.41, 5.74) is 1.73. The fourth-order valence-electron chi connectivity index (χ4n) is 2.29. The lowest BCUT2D eigenvalue weighted by Crippen LogP contribution is -2.43. The van der Waals surface area contributed by atoms with Gasteiger partial charge in [-0.2, -0.15) is 0 Å². The monoisotopic (exact) mass is 481 g/mol. The van der Waals surface area contributed by atoms with Crippen LogP contribution in [0.4, 0.5) is 0 Å². The highest BCUT2D eigenvalue weighted by Crippen LogP contribution is 2.37. The fraction of sp³-hybridized carbons (Fsp3) is 0.381. The van der Waals surface area contributed by atoms with Gasteiger partial charge in [0.2, 0.25) is 0 Å². The van der Waals surface area contributed by atoms with Crippen LogP contribution in [0.1, 0.15) is 42.7 Å². The van der Waals surface area contributed by atoms with E-state index >= 15 is 0 Å². The summed E-state index contributed by atoms with van der Waals surface area (Å²) in [6.07, 6.45) is 0. The molecule has 3 nitrogen and oxygen atoms in total. The van der Waals surface area contributed by atoms with Crippen LogP contribution in [0.3, 0.4) is 0 Å². The molecular weight excluding hydrogens is 453 g/mol. The van der Waals surface area contributed by atoms with E-state index in [-0.39, 0.29) is 17.0 Å². The second-order valence-electron chi connectivity index (χ2n) is 8.02. The molecule has 0 bridgehead atoms. The maximum atomic E-state index is 12.7. The summed E-state index contributed by atoms with van der Waals surface area (Å²) in [6.45, 7) is 11.6. The van der Waals surface area contributed by atoms with Crippen LogP contribution < -0.4 is 5.32 Å². The van der Waals surface area contributed by atoms with E-state index in [9.17, 15) is 4.79 Å². The lowest BCUT2D eigenvalue weighted by Gasteiger charge is -2.37. The van der Waals surface area contributed by atoms with Crippen LogP contribution in [0.5, 0.6) is 0 Å². The lowest BCUT2D eigenvalue weighted by molar-refractivity contribution is 0.0918. The number of carbonyl (C=O) groups excluding carboxylic acids is 1. The van der Waals surface area contributed by atoms with E-state index in [1.54, 1.807) is 0 Å². The van der Waals surface area contributed by atoms with Gasteiger partial charge in [-0.05, 0) is 64.5 Å². The maximum Gasteiger partial charge on any atom is 0.251 e. The average molecular weight is 481 g/mol. The molecule has 2 rings (SSSR count). The predicted molar refractivity (Wildman–Crippen MR) is 119 cm³/mol. The van der Waals surface area contributed by atoms with Crippen molar-refractivity contribution in [3.8, 4) is 0 Å². The van der Waals surface area contributed by atoms with Crippen LogP contribution in [0.2, 0.25) is 18.1 Å². The summed E-state index contributed by atoms with van der Waals surface area (Å²) >= 11 is 2.22. The van der Waals surface area contributed by atoms with Gasteiger partial charge in [-0.15, -0.1) is 0 Å². The number of nitrogens with one attached hydrogen (secondary N) is 1. The number of hydrogen-bond acceptors (Lipinski definition) is 2. The van der Waals surface area contributed by atoms with E-state index in [0.29, 0.717) is 12.2 Å². The lowest BCUT2D eigenvalue weighted by atomic mass is 10.1. The Labute approximate surface area is 171 Å². The molecule has 0 saturated heterocycles. The van der Waals surface area contributed by atoms with Crippen molar-refractivity contribution in [3.63, 3.8) is 0 Å². The van der Waals surface area contributed by atoms with Crippen molar-refractivity contribution in [2.45, 2.75) is 44.9 Å². The van der Waals surface area contributed by atoms with Crippen molar-refractivity contribution in [1.82, 2.24) is 5.32 Å². The summed E-state index contributed by atoms with van der Waals surface area (Å²) in [7, 11) is -1.89. The molecule has 2 aromatic rings. The molecule has 2 aromatic carbocycles. The van der Waals surface area contributed by atoms with Crippen molar-refractivity contribution in [3.05, 3.63) is 69.3 Å². The Hall–Kier alpha value is -1.18. The fourth-order valence-corrected chi connectivity index (χ4v) is 3.85. The number of rotatable bonds is 6. The van der Waals surface area contributed by atoms with Crippen molar-refractivity contribution < 1.29 is 9.22 Å². The number of amides is 1. The molecule has 26 heavy (non-hydrogen) atoms. The molecule has 0 heterocycles. The van der Waals surface area contributed by atoms with Crippen LogP contribution in [-0.2, 0) is 4.43 Å². The minimum atomic E-state index is -1.89. The summed E-state index contributed by atoms with van der Waals surface area (Å²) in [5, 5.41) is 3.29. The zero-order valence-electron chi connectivity index (χ0n) is 16.2. The third-order valence-electron chi connectivity index (χ3n) is 5.01. The Bertz CT molecular complexity index is 741.